The van der Waals surface area contributed by atoms with Crippen molar-refractivity contribution < 1.29 is 9.59 Å². The molecular weight excluding hydrogens is 230 g/mol. The zero-order valence-corrected chi connectivity index (χ0v) is 11.1. The average molecular weight is 247 g/mol. The number of hydrogen-bond donors (Lipinski definition) is 0. The van der Waals surface area contributed by atoms with Gasteiger partial charge in [-0.25, -0.2) is 0 Å². The van der Waals surface area contributed by atoms with Gasteiger partial charge in [0.1, 0.15) is 0 Å². The van der Waals surface area contributed by atoms with E-state index in [1.165, 1.54) is 4.90 Å². The molecule has 1 aliphatic rings. The maximum atomic E-state index is 12.3. The van der Waals surface area contributed by atoms with Crippen LogP contribution in [0, 0.1) is 0 Å². The molecule has 1 aliphatic heterocycles. The van der Waals surface area contributed by atoms with E-state index < -0.39 is 0 Å². The highest BCUT2D eigenvalue weighted by Crippen LogP contribution is 2.22. The van der Waals surface area contributed by atoms with E-state index in [-0.39, 0.29) is 30.2 Å². The third-order valence-electron chi connectivity index (χ3n) is 3.03. The fraction of sp³-hybridized carbons (Fsp3) is 0.538. The van der Waals surface area contributed by atoms with E-state index in [1.807, 2.05) is 27.7 Å². The smallest absolute Gasteiger partial charge is 0.262 e. The standard InChI is InChI=1S/C13H17N3O2/c1-7(2)10-5-9-11(15-14-10)6-12(17)16(8(3)4)13(9)18/h5,7-8H,6H2,1-4H3. The number of aromatic nitrogens is 2. The number of imide groups is 1. The lowest BCUT2D eigenvalue weighted by atomic mass is 10.0. The molecular formula is C13H17N3O2. The van der Waals surface area contributed by atoms with Crippen molar-refractivity contribution in [3.63, 3.8) is 0 Å². The van der Waals surface area contributed by atoms with Crippen LogP contribution < -0.4 is 0 Å². The molecule has 0 saturated heterocycles. The first kappa shape index (κ1) is 12.7. The lowest BCUT2D eigenvalue weighted by Crippen LogP contribution is -2.46. The summed E-state index contributed by atoms with van der Waals surface area (Å²) in [6, 6.07) is 1.63. The molecule has 0 aromatic carbocycles. The maximum Gasteiger partial charge on any atom is 0.262 e. The van der Waals surface area contributed by atoms with Crippen LogP contribution in [0.2, 0.25) is 0 Å². The molecule has 96 valence electrons. The normalized spacial score (nSPS) is 15.6. The van der Waals surface area contributed by atoms with Gasteiger partial charge >= 0.3 is 0 Å². The second kappa shape index (κ2) is 4.48. The van der Waals surface area contributed by atoms with E-state index in [4.69, 9.17) is 0 Å². The van der Waals surface area contributed by atoms with Crippen LogP contribution in [0.25, 0.3) is 0 Å². The minimum absolute atomic E-state index is 0.131. The summed E-state index contributed by atoms with van der Waals surface area (Å²) in [6.45, 7) is 7.65. The first-order valence-electron chi connectivity index (χ1n) is 6.14. The van der Waals surface area contributed by atoms with Crippen LogP contribution in [0.3, 0.4) is 0 Å². The molecule has 0 spiro atoms. The molecule has 0 saturated carbocycles. The minimum Gasteiger partial charge on any atom is -0.276 e. The summed E-state index contributed by atoms with van der Waals surface area (Å²) in [5.74, 6) is -0.247. The third kappa shape index (κ3) is 2.00. The number of carbonyl (C=O) groups is 2. The summed E-state index contributed by atoms with van der Waals surface area (Å²) in [5.41, 5.74) is 1.79. The lowest BCUT2D eigenvalue weighted by molar-refractivity contribution is -0.129. The molecule has 0 atom stereocenters. The molecule has 0 aliphatic carbocycles. The van der Waals surface area contributed by atoms with E-state index in [2.05, 4.69) is 10.2 Å². The van der Waals surface area contributed by atoms with Gasteiger partial charge in [-0.3, -0.25) is 14.5 Å². The van der Waals surface area contributed by atoms with Gasteiger partial charge in [0.25, 0.3) is 5.91 Å². The molecule has 0 N–H and O–H groups in total. The summed E-state index contributed by atoms with van der Waals surface area (Å²) in [5, 5.41) is 8.07. The zero-order chi connectivity index (χ0) is 13.4. The Hall–Kier alpha value is -1.78. The molecule has 0 unspecified atom stereocenters. The van der Waals surface area contributed by atoms with Crippen LogP contribution in [0.1, 0.15) is 55.4 Å². The Bertz CT molecular complexity index is 509. The summed E-state index contributed by atoms with van der Waals surface area (Å²) < 4.78 is 0. The van der Waals surface area contributed by atoms with E-state index in [0.717, 1.165) is 5.69 Å². The number of rotatable bonds is 2. The number of fused-ring (bicyclic) bond motifs is 1. The van der Waals surface area contributed by atoms with Gasteiger partial charge in [0.2, 0.25) is 5.91 Å². The molecule has 2 amide bonds. The van der Waals surface area contributed by atoms with E-state index in [1.54, 1.807) is 6.07 Å². The van der Waals surface area contributed by atoms with E-state index in [0.29, 0.717) is 11.3 Å². The Labute approximate surface area is 106 Å². The Morgan fingerprint density at radius 1 is 1.17 bits per heavy atom. The number of nitrogens with zero attached hydrogens (tertiary/aromatic N) is 3. The van der Waals surface area contributed by atoms with Crippen LogP contribution in [0.5, 0.6) is 0 Å². The van der Waals surface area contributed by atoms with Gasteiger partial charge in [-0.15, -0.1) is 0 Å². The number of amides is 2. The second-order valence-electron chi connectivity index (χ2n) is 5.12. The highest BCUT2D eigenvalue weighted by Gasteiger charge is 2.34. The Balaban J connectivity index is 2.48. The molecule has 0 fully saturated rings. The van der Waals surface area contributed by atoms with Gasteiger partial charge in [0.05, 0.1) is 23.4 Å². The van der Waals surface area contributed by atoms with Crippen molar-refractivity contribution in [2.24, 2.45) is 0 Å². The predicted octanol–water partition coefficient (Wildman–Crippen LogP) is 1.53. The molecule has 0 bridgehead atoms. The second-order valence-corrected chi connectivity index (χ2v) is 5.12. The van der Waals surface area contributed by atoms with E-state index >= 15 is 0 Å². The topological polar surface area (TPSA) is 63.2 Å². The molecule has 2 rings (SSSR count). The summed E-state index contributed by atoms with van der Waals surface area (Å²) in [4.78, 5) is 25.4. The number of carbonyl (C=O) groups excluding carboxylic acids is 2. The largest absolute Gasteiger partial charge is 0.276 e. The Morgan fingerprint density at radius 3 is 2.39 bits per heavy atom. The van der Waals surface area contributed by atoms with Crippen LogP contribution in [-0.2, 0) is 11.2 Å². The van der Waals surface area contributed by atoms with Crippen molar-refractivity contribution in [2.75, 3.05) is 0 Å². The van der Waals surface area contributed by atoms with Crippen molar-refractivity contribution in [3.05, 3.63) is 23.0 Å². The highest BCUT2D eigenvalue weighted by atomic mass is 16.2. The predicted molar refractivity (Wildman–Crippen MR) is 66.1 cm³/mol. The minimum atomic E-state index is -0.256. The quantitative estimate of drug-likeness (QED) is 0.743. The van der Waals surface area contributed by atoms with Gasteiger partial charge in [-0.2, -0.15) is 10.2 Å². The molecule has 1 aromatic heterocycles. The first-order chi connectivity index (χ1) is 8.41. The van der Waals surface area contributed by atoms with Crippen LogP contribution in [0.4, 0.5) is 0 Å². The summed E-state index contributed by atoms with van der Waals surface area (Å²) in [6.07, 6.45) is 0.157. The summed E-state index contributed by atoms with van der Waals surface area (Å²) in [7, 11) is 0. The van der Waals surface area contributed by atoms with Gasteiger partial charge in [-0.05, 0) is 25.8 Å². The maximum absolute atomic E-state index is 12.3. The van der Waals surface area contributed by atoms with Crippen molar-refractivity contribution in [1.82, 2.24) is 15.1 Å². The fourth-order valence-corrected chi connectivity index (χ4v) is 2.02. The van der Waals surface area contributed by atoms with Gasteiger partial charge < -0.3 is 0 Å². The molecule has 2 heterocycles. The molecule has 0 radical (unpaired) electrons. The molecule has 5 nitrogen and oxygen atoms in total. The molecule has 5 heteroatoms. The highest BCUT2D eigenvalue weighted by molar-refractivity contribution is 6.09. The zero-order valence-electron chi connectivity index (χ0n) is 11.1. The molecule has 18 heavy (non-hydrogen) atoms. The third-order valence-corrected chi connectivity index (χ3v) is 3.03. The van der Waals surface area contributed by atoms with Crippen LogP contribution in [0.15, 0.2) is 6.07 Å². The van der Waals surface area contributed by atoms with E-state index in [9.17, 15) is 9.59 Å². The first-order valence-corrected chi connectivity index (χ1v) is 6.14. The van der Waals surface area contributed by atoms with Crippen LogP contribution >= 0.6 is 0 Å². The average Bonchev–Trinajstić information content (AvgIpc) is 2.27. The lowest BCUT2D eigenvalue weighted by Gasteiger charge is -2.29. The Kier molecular flexibility index (Phi) is 3.15. The van der Waals surface area contributed by atoms with Crippen molar-refractivity contribution in [3.8, 4) is 0 Å². The van der Waals surface area contributed by atoms with Crippen molar-refractivity contribution >= 4 is 11.8 Å². The fourth-order valence-electron chi connectivity index (χ4n) is 2.02. The van der Waals surface area contributed by atoms with Gasteiger partial charge in [0, 0.05) is 6.04 Å². The molecule has 1 aromatic rings. The van der Waals surface area contributed by atoms with Gasteiger partial charge in [0.15, 0.2) is 0 Å². The number of hydrogen-bond acceptors (Lipinski definition) is 4. The van der Waals surface area contributed by atoms with Crippen molar-refractivity contribution in [2.45, 2.75) is 46.1 Å². The van der Waals surface area contributed by atoms with Crippen molar-refractivity contribution in [1.29, 1.82) is 0 Å². The van der Waals surface area contributed by atoms with Gasteiger partial charge in [-0.1, -0.05) is 13.8 Å². The van der Waals surface area contributed by atoms with Crippen LogP contribution in [-0.4, -0.2) is 33.0 Å². The Morgan fingerprint density at radius 2 is 1.83 bits per heavy atom. The SMILES string of the molecule is CC(C)c1cc2c(nn1)CC(=O)N(C(C)C)C2=O. The monoisotopic (exact) mass is 247 g/mol. The summed E-state index contributed by atoms with van der Waals surface area (Å²) >= 11 is 0.